The van der Waals surface area contributed by atoms with Crippen LogP contribution in [-0.4, -0.2) is 6.04 Å². The third-order valence-corrected chi connectivity index (χ3v) is 3.54. The van der Waals surface area contributed by atoms with E-state index in [1.54, 1.807) is 0 Å². The molecule has 0 amide bonds. The van der Waals surface area contributed by atoms with Crippen molar-refractivity contribution in [1.29, 1.82) is 0 Å². The number of aryl methyl sites for hydroxylation is 1. The topological polar surface area (TPSA) is 38.0 Å². The van der Waals surface area contributed by atoms with Gasteiger partial charge in [0.1, 0.15) is 0 Å². The van der Waals surface area contributed by atoms with Gasteiger partial charge in [0.25, 0.3) is 0 Å². The van der Waals surface area contributed by atoms with Gasteiger partial charge in [-0.1, -0.05) is 19.9 Å². The number of benzene rings is 1. The smallest absolute Gasteiger partial charge is 0.0578 e. The first-order valence-corrected chi connectivity index (χ1v) is 6.09. The fraction of sp³-hybridized carbons (Fsp3) is 0.571. The number of anilines is 2. The van der Waals surface area contributed by atoms with Gasteiger partial charge in [-0.3, -0.25) is 0 Å². The molecule has 1 saturated carbocycles. The molecule has 1 aromatic rings. The van der Waals surface area contributed by atoms with Crippen molar-refractivity contribution < 1.29 is 0 Å². The summed E-state index contributed by atoms with van der Waals surface area (Å²) in [5, 5.41) is 3.58. The summed E-state index contributed by atoms with van der Waals surface area (Å²) in [6, 6.07) is 6.76. The van der Waals surface area contributed by atoms with Crippen LogP contribution < -0.4 is 11.1 Å². The maximum Gasteiger partial charge on any atom is 0.0578 e. The van der Waals surface area contributed by atoms with E-state index >= 15 is 0 Å². The lowest BCUT2D eigenvalue weighted by Crippen LogP contribution is -2.18. The number of nitrogen functional groups attached to an aromatic ring is 1. The highest BCUT2D eigenvalue weighted by Gasteiger charge is 2.30. The average Bonchev–Trinajstić information content (AvgIpc) is 2.52. The summed E-state index contributed by atoms with van der Waals surface area (Å²) in [6.45, 7) is 6.78. The van der Waals surface area contributed by atoms with Crippen molar-refractivity contribution in [3.05, 3.63) is 23.8 Å². The first-order chi connectivity index (χ1) is 7.46. The highest BCUT2D eigenvalue weighted by Crippen LogP contribution is 2.38. The Bertz CT molecular complexity index is 382. The van der Waals surface area contributed by atoms with Gasteiger partial charge >= 0.3 is 0 Å². The second kappa shape index (κ2) is 4.00. The van der Waals surface area contributed by atoms with Gasteiger partial charge in [0.05, 0.1) is 11.4 Å². The lowest BCUT2D eigenvalue weighted by atomic mass is 9.92. The summed E-state index contributed by atoms with van der Waals surface area (Å²) in [7, 11) is 0. The Morgan fingerprint density at radius 1 is 1.38 bits per heavy atom. The molecule has 2 nitrogen and oxygen atoms in total. The Hall–Kier alpha value is -1.18. The molecule has 0 radical (unpaired) electrons. The van der Waals surface area contributed by atoms with Gasteiger partial charge in [-0.05, 0) is 49.3 Å². The van der Waals surface area contributed by atoms with Crippen molar-refractivity contribution in [2.75, 3.05) is 11.1 Å². The summed E-state index contributed by atoms with van der Waals surface area (Å²) < 4.78 is 0. The van der Waals surface area contributed by atoms with E-state index < -0.39 is 0 Å². The van der Waals surface area contributed by atoms with Gasteiger partial charge in [-0.2, -0.15) is 0 Å². The summed E-state index contributed by atoms with van der Waals surface area (Å²) in [5.74, 6) is 0. The zero-order valence-electron chi connectivity index (χ0n) is 10.5. The lowest BCUT2D eigenvalue weighted by molar-refractivity contribution is 0.378. The van der Waals surface area contributed by atoms with E-state index in [4.69, 9.17) is 5.73 Å². The van der Waals surface area contributed by atoms with Crippen molar-refractivity contribution in [3.8, 4) is 0 Å². The van der Waals surface area contributed by atoms with Crippen LogP contribution in [-0.2, 0) is 0 Å². The molecular formula is C14H22N2. The van der Waals surface area contributed by atoms with E-state index in [1.807, 2.05) is 6.07 Å². The maximum atomic E-state index is 5.97. The van der Waals surface area contributed by atoms with Crippen LogP contribution >= 0.6 is 0 Å². The van der Waals surface area contributed by atoms with Gasteiger partial charge in [0.15, 0.2) is 0 Å². The fourth-order valence-corrected chi connectivity index (χ4v) is 2.57. The first kappa shape index (κ1) is 11.3. The van der Waals surface area contributed by atoms with Crippen molar-refractivity contribution in [1.82, 2.24) is 0 Å². The van der Waals surface area contributed by atoms with Crippen LogP contribution in [0.2, 0.25) is 0 Å². The molecule has 2 heteroatoms. The monoisotopic (exact) mass is 218 g/mol. The van der Waals surface area contributed by atoms with Crippen LogP contribution in [0.4, 0.5) is 11.4 Å². The standard InChI is InChI=1S/C14H22N2/c1-10-4-5-12(15)13(8-10)16-11-6-7-14(2,3)9-11/h4-5,8,11,16H,6-7,9,15H2,1-3H3. The number of nitrogens with one attached hydrogen (secondary N) is 1. The molecule has 3 N–H and O–H groups in total. The van der Waals surface area contributed by atoms with E-state index in [-0.39, 0.29) is 0 Å². The molecule has 1 aromatic carbocycles. The van der Waals surface area contributed by atoms with Crippen molar-refractivity contribution in [2.45, 2.75) is 46.1 Å². The molecule has 1 aliphatic carbocycles. The van der Waals surface area contributed by atoms with E-state index in [9.17, 15) is 0 Å². The van der Waals surface area contributed by atoms with Crippen molar-refractivity contribution >= 4 is 11.4 Å². The molecule has 88 valence electrons. The summed E-state index contributed by atoms with van der Waals surface area (Å²) >= 11 is 0. The highest BCUT2D eigenvalue weighted by molar-refractivity contribution is 5.67. The molecule has 0 aromatic heterocycles. The SMILES string of the molecule is Cc1ccc(N)c(NC2CCC(C)(C)C2)c1. The van der Waals surface area contributed by atoms with Crippen LogP contribution in [0.25, 0.3) is 0 Å². The molecule has 1 unspecified atom stereocenters. The Morgan fingerprint density at radius 2 is 2.12 bits per heavy atom. The summed E-state index contributed by atoms with van der Waals surface area (Å²) in [6.07, 6.45) is 3.79. The van der Waals surface area contributed by atoms with Crippen LogP contribution in [0.15, 0.2) is 18.2 Å². The molecule has 2 rings (SSSR count). The van der Waals surface area contributed by atoms with Crippen LogP contribution in [0.1, 0.15) is 38.7 Å². The molecule has 1 fully saturated rings. The number of rotatable bonds is 2. The van der Waals surface area contributed by atoms with E-state index in [0.29, 0.717) is 11.5 Å². The minimum Gasteiger partial charge on any atom is -0.397 e. The minimum absolute atomic E-state index is 0.482. The molecule has 1 aliphatic rings. The first-order valence-electron chi connectivity index (χ1n) is 6.09. The number of hydrogen-bond donors (Lipinski definition) is 2. The molecule has 0 aliphatic heterocycles. The van der Waals surface area contributed by atoms with Gasteiger partial charge in [0, 0.05) is 6.04 Å². The molecular weight excluding hydrogens is 196 g/mol. The normalized spacial score (nSPS) is 23.3. The maximum absolute atomic E-state index is 5.97. The van der Waals surface area contributed by atoms with Crippen molar-refractivity contribution in [3.63, 3.8) is 0 Å². The predicted molar refractivity (Wildman–Crippen MR) is 70.6 cm³/mol. The Labute approximate surface area is 98.2 Å². The molecule has 0 saturated heterocycles. The molecule has 0 spiro atoms. The van der Waals surface area contributed by atoms with E-state index in [0.717, 1.165) is 11.4 Å². The number of nitrogens with two attached hydrogens (primary N) is 1. The number of hydrogen-bond acceptors (Lipinski definition) is 2. The zero-order chi connectivity index (χ0) is 11.8. The summed E-state index contributed by atoms with van der Waals surface area (Å²) in [4.78, 5) is 0. The molecule has 0 bridgehead atoms. The van der Waals surface area contributed by atoms with E-state index in [1.165, 1.54) is 24.8 Å². The molecule has 0 heterocycles. The minimum atomic E-state index is 0.482. The molecule has 16 heavy (non-hydrogen) atoms. The quantitative estimate of drug-likeness (QED) is 0.745. The summed E-state index contributed by atoms with van der Waals surface area (Å²) in [5.41, 5.74) is 9.67. The Balaban J connectivity index is 2.07. The van der Waals surface area contributed by atoms with Crippen molar-refractivity contribution in [2.24, 2.45) is 5.41 Å². The van der Waals surface area contributed by atoms with Crippen LogP contribution in [0.5, 0.6) is 0 Å². The van der Waals surface area contributed by atoms with Crippen LogP contribution in [0.3, 0.4) is 0 Å². The Kier molecular flexibility index (Phi) is 2.83. The van der Waals surface area contributed by atoms with Crippen LogP contribution in [0, 0.1) is 12.3 Å². The highest BCUT2D eigenvalue weighted by atomic mass is 14.9. The average molecular weight is 218 g/mol. The van der Waals surface area contributed by atoms with Gasteiger partial charge in [0.2, 0.25) is 0 Å². The lowest BCUT2D eigenvalue weighted by Gasteiger charge is -2.19. The van der Waals surface area contributed by atoms with Gasteiger partial charge in [-0.15, -0.1) is 0 Å². The van der Waals surface area contributed by atoms with E-state index in [2.05, 4.69) is 38.2 Å². The third-order valence-electron chi connectivity index (χ3n) is 3.54. The zero-order valence-corrected chi connectivity index (χ0v) is 10.5. The second-order valence-electron chi connectivity index (χ2n) is 5.84. The predicted octanol–water partition coefficient (Wildman–Crippen LogP) is 3.57. The fourth-order valence-electron chi connectivity index (χ4n) is 2.57. The second-order valence-corrected chi connectivity index (χ2v) is 5.84. The third kappa shape index (κ3) is 2.49. The van der Waals surface area contributed by atoms with Gasteiger partial charge < -0.3 is 11.1 Å². The molecule has 1 atom stereocenters. The van der Waals surface area contributed by atoms with Gasteiger partial charge in [-0.25, -0.2) is 0 Å². The largest absolute Gasteiger partial charge is 0.397 e. The Morgan fingerprint density at radius 3 is 2.75 bits per heavy atom.